The van der Waals surface area contributed by atoms with Crippen molar-refractivity contribution in [2.24, 2.45) is 0 Å². The maximum Gasteiger partial charge on any atom is 0.421 e. The van der Waals surface area contributed by atoms with Crippen LogP contribution in [0.15, 0.2) is 30.5 Å². The third-order valence-electron chi connectivity index (χ3n) is 3.45. The van der Waals surface area contributed by atoms with Crippen LogP contribution in [-0.4, -0.2) is 36.0 Å². The Hall–Kier alpha value is -2.88. The lowest BCUT2D eigenvalue weighted by Gasteiger charge is -2.15. The van der Waals surface area contributed by atoms with Crippen LogP contribution in [0.3, 0.4) is 0 Å². The fourth-order valence-electron chi connectivity index (χ4n) is 2.30. The van der Waals surface area contributed by atoms with Crippen LogP contribution in [0.4, 0.5) is 30.6 Å². The first-order valence-electron chi connectivity index (χ1n) is 8.22. The molecule has 0 aliphatic carbocycles. The fraction of sp³-hybridized carbons (Fsp3) is 0.353. The molecule has 10 heteroatoms. The van der Waals surface area contributed by atoms with Crippen molar-refractivity contribution in [1.29, 1.82) is 0 Å². The van der Waals surface area contributed by atoms with E-state index in [0.717, 1.165) is 11.8 Å². The SMILES string of the molecule is CNCc1cccc(Nc2ncc(C(F)(F)F)c(NCCNC(C)=O)n2)c1. The molecule has 0 bridgehead atoms. The van der Waals surface area contributed by atoms with Gasteiger partial charge in [0.05, 0.1) is 0 Å². The molecule has 146 valence electrons. The number of hydrogen-bond donors (Lipinski definition) is 4. The Morgan fingerprint density at radius 2 is 2.00 bits per heavy atom. The van der Waals surface area contributed by atoms with E-state index in [9.17, 15) is 18.0 Å². The van der Waals surface area contributed by atoms with Gasteiger partial charge in [-0.05, 0) is 24.7 Å². The van der Waals surface area contributed by atoms with Gasteiger partial charge in [-0.1, -0.05) is 12.1 Å². The van der Waals surface area contributed by atoms with Gasteiger partial charge in [0.2, 0.25) is 11.9 Å². The molecular weight excluding hydrogens is 361 g/mol. The maximum atomic E-state index is 13.2. The summed E-state index contributed by atoms with van der Waals surface area (Å²) in [7, 11) is 1.82. The van der Waals surface area contributed by atoms with Crippen molar-refractivity contribution in [3.8, 4) is 0 Å². The molecule has 0 aliphatic rings. The Balaban J connectivity index is 2.18. The van der Waals surface area contributed by atoms with Crippen LogP contribution in [0.2, 0.25) is 0 Å². The van der Waals surface area contributed by atoms with Crippen LogP contribution in [0.1, 0.15) is 18.1 Å². The normalized spacial score (nSPS) is 11.1. The van der Waals surface area contributed by atoms with Crippen LogP contribution >= 0.6 is 0 Å². The standard InChI is InChI=1S/C17H21F3N6O/c1-11(27)22-6-7-23-15-14(17(18,19)20)10-24-16(26-15)25-13-5-3-4-12(8-13)9-21-2/h3-5,8,10,21H,6-7,9H2,1-2H3,(H,22,27)(H2,23,24,25,26). The summed E-state index contributed by atoms with van der Waals surface area (Å²) in [5.41, 5.74) is 0.689. The Kier molecular flexibility index (Phi) is 6.94. The van der Waals surface area contributed by atoms with Crippen LogP contribution in [0.25, 0.3) is 0 Å². The first-order chi connectivity index (χ1) is 12.8. The summed E-state index contributed by atoms with van der Waals surface area (Å²) in [5, 5.41) is 11.0. The van der Waals surface area contributed by atoms with Crippen molar-refractivity contribution in [3.05, 3.63) is 41.6 Å². The molecule has 0 spiro atoms. The molecule has 0 aliphatic heterocycles. The minimum absolute atomic E-state index is 0.0339. The number of carbonyl (C=O) groups excluding carboxylic acids is 1. The highest BCUT2D eigenvalue weighted by molar-refractivity contribution is 5.72. The van der Waals surface area contributed by atoms with Crippen molar-refractivity contribution in [1.82, 2.24) is 20.6 Å². The zero-order chi connectivity index (χ0) is 19.9. The summed E-state index contributed by atoms with van der Waals surface area (Å²) in [6.45, 7) is 2.25. The molecule has 0 saturated heterocycles. The Morgan fingerprint density at radius 3 is 2.67 bits per heavy atom. The quantitative estimate of drug-likeness (QED) is 0.525. The number of alkyl halides is 3. The second kappa shape index (κ2) is 9.17. The summed E-state index contributed by atoms with van der Waals surface area (Å²) >= 11 is 0. The van der Waals surface area contributed by atoms with Crippen LogP contribution in [0, 0.1) is 0 Å². The zero-order valence-corrected chi connectivity index (χ0v) is 14.9. The molecule has 2 rings (SSSR count). The molecule has 1 heterocycles. The molecule has 27 heavy (non-hydrogen) atoms. The summed E-state index contributed by atoms with van der Waals surface area (Å²) in [6, 6.07) is 7.36. The minimum atomic E-state index is -4.60. The molecule has 1 amide bonds. The minimum Gasteiger partial charge on any atom is -0.368 e. The number of amides is 1. The summed E-state index contributed by atoms with van der Waals surface area (Å²) in [6.07, 6.45) is -3.87. The summed E-state index contributed by atoms with van der Waals surface area (Å²) < 4.78 is 39.5. The van der Waals surface area contributed by atoms with E-state index in [0.29, 0.717) is 12.2 Å². The van der Waals surface area contributed by atoms with E-state index in [1.54, 1.807) is 6.07 Å². The zero-order valence-electron chi connectivity index (χ0n) is 14.9. The average Bonchev–Trinajstić information content (AvgIpc) is 2.58. The predicted octanol–water partition coefficient (Wildman–Crippen LogP) is 2.51. The molecule has 0 saturated carbocycles. The molecule has 2 aromatic rings. The molecule has 0 radical (unpaired) electrons. The molecule has 0 fully saturated rings. The first kappa shape index (κ1) is 20.4. The average molecular weight is 382 g/mol. The van der Waals surface area contributed by atoms with Gasteiger partial charge in [0.25, 0.3) is 0 Å². The molecule has 1 aromatic heterocycles. The van der Waals surface area contributed by atoms with Crippen molar-refractivity contribution >= 4 is 23.4 Å². The third-order valence-corrected chi connectivity index (χ3v) is 3.45. The molecular formula is C17H21F3N6O. The lowest BCUT2D eigenvalue weighted by Crippen LogP contribution is -2.27. The van der Waals surface area contributed by atoms with Gasteiger partial charge >= 0.3 is 6.18 Å². The van der Waals surface area contributed by atoms with Gasteiger partial charge in [-0.3, -0.25) is 4.79 Å². The van der Waals surface area contributed by atoms with Gasteiger partial charge in [0, 0.05) is 38.4 Å². The maximum absolute atomic E-state index is 13.2. The van der Waals surface area contributed by atoms with E-state index in [1.807, 2.05) is 25.2 Å². The van der Waals surface area contributed by atoms with Crippen LogP contribution < -0.4 is 21.3 Å². The van der Waals surface area contributed by atoms with Crippen molar-refractivity contribution in [2.75, 3.05) is 30.8 Å². The highest BCUT2D eigenvalue weighted by Gasteiger charge is 2.35. The number of aromatic nitrogens is 2. The van der Waals surface area contributed by atoms with E-state index in [2.05, 4.69) is 31.2 Å². The number of halogens is 3. The largest absolute Gasteiger partial charge is 0.421 e. The molecule has 1 aromatic carbocycles. The highest BCUT2D eigenvalue weighted by Crippen LogP contribution is 2.34. The van der Waals surface area contributed by atoms with E-state index in [4.69, 9.17) is 0 Å². The fourth-order valence-corrected chi connectivity index (χ4v) is 2.30. The van der Waals surface area contributed by atoms with Gasteiger partial charge in [-0.2, -0.15) is 18.2 Å². The van der Waals surface area contributed by atoms with Gasteiger partial charge in [0.15, 0.2) is 0 Å². The highest BCUT2D eigenvalue weighted by atomic mass is 19.4. The third kappa shape index (κ3) is 6.41. The van der Waals surface area contributed by atoms with Crippen molar-refractivity contribution < 1.29 is 18.0 Å². The number of nitrogens with one attached hydrogen (secondary N) is 4. The molecule has 0 unspecified atom stereocenters. The smallest absolute Gasteiger partial charge is 0.368 e. The lowest BCUT2D eigenvalue weighted by atomic mass is 10.2. The number of anilines is 3. The van der Waals surface area contributed by atoms with Gasteiger partial charge in [-0.15, -0.1) is 0 Å². The number of benzene rings is 1. The number of nitrogens with zero attached hydrogens (tertiary/aromatic N) is 2. The number of rotatable bonds is 8. The van der Waals surface area contributed by atoms with Gasteiger partial charge in [0.1, 0.15) is 11.4 Å². The molecule has 7 nitrogen and oxygen atoms in total. The topological polar surface area (TPSA) is 91.0 Å². The number of carbonyl (C=O) groups is 1. The van der Waals surface area contributed by atoms with Gasteiger partial charge in [-0.25, -0.2) is 4.98 Å². The molecule has 4 N–H and O–H groups in total. The van der Waals surface area contributed by atoms with E-state index < -0.39 is 11.7 Å². The van der Waals surface area contributed by atoms with E-state index in [-0.39, 0.29) is 30.8 Å². The van der Waals surface area contributed by atoms with Crippen molar-refractivity contribution in [3.63, 3.8) is 0 Å². The second-order valence-corrected chi connectivity index (χ2v) is 5.72. The number of hydrogen-bond acceptors (Lipinski definition) is 6. The molecule has 0 atom stereocenters. The summed E-state index contributed by atoms with van der Waals surface area (Å²) in [4.78, 5) is 18.6. The van der Waals surface area contributed by atoms with Crippen LogP contribution in [-0.2, 0) is 17.5 Å². The van der Waals surface area contributed by atoms with Crippen molar-refractivity contribution in [2.45, 2.75) is 19.6 Å². The monoisotopic (exact) mass is 382 g/mol. The first-order valence-corrected chi connectivity index (χ1v) is 8.22. The van der Waals surface area contributed by atoms with Crippen LogP contribution in [0.5, 0.6) is 0 Å². The Labute approximate surface area is 154 Å². The summed E-state index contributed by atoms with van der Waals surface area (Å²) in [5.74, 6) is -0.581. The Bertz CT molecular complexity index is 782. The second-order valence-electron chi connectivity index (χ2n) is 5.72. The lowest BCUT2D eigenvalue weighted by molar-refractivity contribution is -0.137. The van der Waals surface area contributed by atoms with E-state index >= 15 is 0 Å². The predicted molar refractivity (Wildman–Crippen MR) is 96.7 cm³/mol. The van der Waals surface area contributed by atoms with E-state index in [1.165, 1.54) is 6.92 Å². The van der Waals surface area contributed by atoms with Gasteiger partial charge < -0.3 is 21.3 Å². The Morgan fingerprint density at radius 1 is 1.22 bits per heavy atom.